The first-order valence-corrected chi connectivity index (χ1v) is 5.99. The molecular weight excluding hydrogens is 262 g/mol. The van der Waals surface area contributed by atoms with Crippen LogP contribution in [0.1, 0.15) is 16.7 Å². The molecule has 0 aliphatic rings. The van der Waals surface area contributed by atoms with Crippen molar-refractivity contribution in [3.05, 3.63) is 46.1 Å². The molecule has 96 valence electrons. The van der Waals surface area contributed by atoms with E-state index in [9.17, 15) is 0 Å². The molecular formula is C14H12ClN3O. The summed E-state index contributed by atoms with van der Waals surface area (Å²) in [6.45, 7) is 3.74. The third kappa shape index (κ3) is 2.78. The summed E-state index contributed by atoms with van der Waals surface area (Å²) in [6, 6.07) is 7.20. The van der Waals surface area contributed by atoms with E-state index in [-0.39, 0.29) is 0 Å². The minimum atomic E-state index is 0.298. The number of aryl methyl sites for hydroxylation is 2. The van der Waals surface area contributed by atoms with Crippen molar-refractivity contribution in [3.8, 4) is 17.7 Å². The lowest BCUT2D eigenvalue weighted by molar-refractivity contribution is 0.456. The van der Waals surface area contributed by atoms with Crippen molar-refractivity contribution in [1.82, 2.24) is 4.98 Å². The third-order valence-corrected chi connectivity index (χ3v) is 2.89. The summed E-state index contributed by atoms with van der Waals surface area (Å²) in [5, 5.41) is 9.25. The molecule has 0 bridgehead atoms. The second-order valence-corrected chi connectivity index (χ2v) is 4.62. The van der Waals surface area contributed by atoms with Crippen LogP contribution in [-0.2, 0) is 0 Å². The third-order valence-electron chi connectivity index (χ3n) is 2.62. The molecule has 0 amide bonds. The van der Waals surface area contributed by atoms with Gasteiger partial charge in [-0.05, 0) is 43.2 Å². The van der Waals surface area contributed by atoms with Gasteiger partial charge in [0.05, 0.1) is 23.5 Å². The summed E-state index contributed by atoms with van der Waals surface area (Å²) >= 11 is 6.02. The molecule has 5 heteroatoms. The largest absolute Gasteiger partial charge is 0.437 e. The summed E-state index contributed by atoms with van der Waals surface area (Å²) in [7, 11) is 0. The Labute approximate surface area is 116 Å². The minimum Gasteiger partial charge on any atom is -0.437 e. The van der Waals surface area contributed by atoms with E-state index in [0.29, 0.717) is 27.9 Å². The molecule has 0 spiro atoms. The Hall–Kier alpha value is -2.25. The Kier molecular flexibility index (Phi) is 3.59. The number of ether oxygens (including phenoxy) is 1. The summed E-state index contributed by atoms with van der Waals surface area (Å²) < 4.78 is 5.72. The van der Waals surface area contributed by atoms with Crippen LogP contribution >= 0.6 is 11.6 Å². The van der Waals surface area contributed by atoms with Crippen LogP contribution in [0.3, 0.4) is 0 Å². The molecule has 0 radical (unpaired) electrons. The highest BCUT2D eigenvalue weighted by Gasteiger charge is 2.11. The van der Waals surface area contributed by atoms with Gasteiger partial charge in [-0.2, -0.15) is 5.26 Å². The number of nitrogens with two attached hydrogens (primary N) is 1. The first kappa shape index (κ1) is 13.2. The Balaban J connectivity index is 2.41. The SMILES string of the molecule is Cc1cc(C#N)cc(C)c1Oc1ncc(N)cc1Cl. The topological polar surface area (TPSA) is 71.9 Å². The standard InChI is InChI=1S/C14H12ClN3O/c1-8-3-10(6-16)4-9(2)13(8)19-14-12(15)5-11(17)7-18-14/h3-5,7H,17H2,1-2H3. The number of anilines is 1. The predicted octanol–water partition coefficient (Wildman–Crippen LogP) is 3.60. The number of aromatic nitrogens is 1. The van der Waals surface area contributed by atoms with Gasteiger partial charge in [-0.1, -0.05) is 11.6 Å². The fourth-order valence-corrected chi connectivity index (χ4v) is 2.00. The fourth-order valence-electron chi connectivity index (χ4n) is 1.79. The zero-order valence-corrected chi connectivity index (χ0v) is 11.3. The lowest BCUT2D eigenvalue weighted by atomic mass is 10.1. The summed E-state index contributed by atoms with van der Waals surface area (Å²) in [5.74, 6) is 0.949. The molecule has 0 atom stereocenters. The number of nitrogens with zero attached hydrogens (tertiary/aromatic N) is 2. The van der Waals surface area contributed by atoms with E-state index in [0.717, 1.165) is 11.1 Å². The molecule has 0 unspecified atom stereocenters. The van der Waals surface area contributed by atoms with Gasteiger partial charge in [-0.15, -0.1) is 0 Å². The maximum atomic E-state index is 8.90. The molecule has 2 rings (SSSR count). The highest BCUT2D eigenvalue weighted by molar-refractivity contribution is 6.32. The van der Waals surface area contributed by atoms with Gasteiger partial charge in [0.15, 0.2) is 0 Å². The van der Waals surface area contributed by atoms with Gasteiger partial charge < -0.3 is 10.5 Å². The summed E-state index contributed by atoms with van der Waals surface area (Å²) in [6.07, 6.45) is 1.48. The molecule has 0 saturated carbocycles. The zero-order valence-electron chi connectivity index (χ0n) is 10.6. The van der Waals surface area contributed by atoms with Crippen molar-refractivity contribution >= 4 is 17.3 Å². The predicted molar refractivity (Wildman–Crippen MR) is 74.4 cm³/mol. The molecule has 0 aliphatic heterocycles. The molecule has 1 aromatic carbocycles. The van der Waals surface area contributed by atoms with Gasteiger partial charge >= 0.3 is 0 Å². The number of rotatable bonds is 2. The number of halogens is 1. The van der Waals surface area contributed by atoms with E-state index >= 15 is 0 Å². The Bertz CT molecular complexity index is 654. The molecule has 1 heterocycles. The molecule has 2 aromatic rings. The lowest BCUT2D eigenvalue weighted by Crippen LogP contribution is -1.96. The van der Waals surface area contributed by atoms with Crippen LogP contribution in [-0.4, -0.2) is 4.98 Å². The van der Waals surface area contributed by atoms with Crippen LogP contribution in [0.2, 0.25) is 5.02 Å². The van der Waals surface area contributed by atoms with Crippen molar-refractivity contribution in [2.45, 2.75) is 13.8 Å². The van der Waals surface area contributed by atoms with Crippen LogP contribution in [0.5, 0.6) is 11.6 Å². The molecule has 0 aliphatic carbocycles. The Morgan fingerprint density at radius 2 is 1.89 bits per heavy atom. The molecule has 2 N–H and O–H groups in total. The molecule has 4 nitrogen and oxygen atoms in total. The number of nitrogen functional groups attached to an aromatic ring is 1. The number of nitriles is 1. The van der Waals surface area contributed by atoms with Crippen molar-refractivity contribution in [3.63, 3.8) is 0 Å². The van der Waals surface area contributed by atoms with Crippen LogP contribution in [0.25, 0.3) is 0 Å². The second kappa shape index (κ2) is 5.17. The van der Waals surface area contributed by atoms with Gasteiger partial charge in [0.2, 0.25) is 5.88 Å². The van der Waals surface area contributed by atoms with E-state index in [1.54, 1.807) is 18.2 Å². The van der Waals surface area contributed by atoms with Crippen molar-refractivity contribution in [2.75, 3.05) is 5.73 Å². The van der Waals surface area contributed by atoms with Crippen molar-refractivity contribution in [1.29, 1.82) is 5.26 Å². The highest BCUT2D eigenvalue weighted by atomic mass is 35.5. The van der Waals surface area contributed by atoms with Crippen LogP contribution in [0.15, 0.2) is 24.4 Å². The van der Waals surface area contributed by atoms with Gasteiger partial charge in [-0.3, -0.25) is 0 Å². The van der Waals surface area contributed by atoms with E-state index in [1.807, 2.05) is 13.8 Å². The van der Waals surface area contributed by atoms with Gasteiger partial charge in [0, 0.05) is 0 Å². The summed E-state index contributed by atoms with van der Waals surface area (Å²) in [4.78, 5) is 4.05. The number of hydrogen-bond donors (Lipinski definition) is 1. The minimum absolute atomic E-state index is 0.298. The number of hydrogen-bond acceptors (Lipinski definition) is 4. The van der Waals surface area contributed by atoms with E-state index in [4.69, 9.17) is 27.3 Å². The van der Waals surface area contributed by atoms with E-state index in [2.05, 4.69) is 11.1 Å². The van der Waals surface area contributed by atoms with Crippen LogP contribution < -0.4 is 10.5 Å². The molecule has 19 heavy (non-hydrogen) atoms. The maximum absolute atomic E-state index is 8.90. The first-order chi connectivity index (χ1) is 9.01. The monoisotopic (exact) mass is 273 g/mol. The number of benzene rings is 1. The van der Waals surface area contributed by atoms with Gasteiger partial charge in [0.1, 0.15) is 10.8 Å². The summed E-state index contributed by atoms with van der Waals surface area (Å²) in [5.41, 5.74) is 8.36. The molecule has 0 fully saturated rings. The fraction of sp³-hybridized carbons (Fsp3) is 0.143. The maximum Gasteiger partial charge on any atom is 0.238 e. The van der Waals surface area contributed by atoms with Gasteiger partial charge in [-0.25, -0.2) is 4.98 Å². The second-order valence-electron chi connectivity index (χ2n) is 4.21. The zero-order chi connectivity index (χ0) is 14.0. The van der Waals surface area contributed by atoms with Gasteiger partial charge in [0.25, 0.3) is 0 Å². The van der Waals surface area contributed by atoms with E-state index in [1.165, 1.54) is 6.20 Å². The smallest absolute Gasteiger partial charge is 0.238 e. The Morgan fingerprint density at radius 1 is 1.26 bits per heavy atom. The average Bonchev–Trinajstić information content (AvgIpc) is 2.35. The lowest BCUT2D eigenvalue weighted by Gasteiger charge is -2.12. The van der Waals surface area contributed by atoms with Crippen LogP contribution in [0, 0.1) is 25.2 Å². The molecule has 0 saturated heterocycles. The number of pyridine rings is 1. The van der Waals surface area contributed by atoms with E-state index < -0.39 is 0 Å². The van der Waals surface area contributed by atoms with Crippen LogP contribution in [0.4, 0.5) is 5.69 Å². The van der Waals surface area contributed by atoms with Crippen molar-refractivity contribution in [2.24, 2.45) is 0 Å². The average molecular weight is 274 g/mol. The first-order valence-electron chi connectivity index (χ1n) is 5.61. The normalized spacial score (nSPS) is 10.0. The molecule has 1 aromatic heterocycles. The quantitative estimate of drug-likeness (QED) is 0.907. The Morgan fingerprint density at radius 3 is 2.42 bits per heavy atom. The van der Waals surface area contributed by atoms with Crippen molar-refractivity contribution < 1.29 is 4.74 Å². The highest BCUT2D eigenvalue weighted by Crippen LogP contribution is 2.32.